The quantitative estimate of drug-likeness (QED) is 0.882. The molecule has 1 atom stereocenters. The van der Waals surface area contributed by atoms with Crippen molar-refractivity contribution in [3.05, 3.63) is 66.0 Å². The van der Waals surface area contributed by atoms with Gasteiger partial charge in [-0.3, -0.25) is 14.6 Å². The average molecular weight is 294 g/mol. The van der Waals surface area contributed by atoms with Gasteiger partial charge in [0.15, 0.2) is 0 Å². The van der Waals surface area contributed by atoms with Gasteiger partial charge in [-0.2, -0.15) is 0 Å². The van der Waals surface area contributed by atoms with Gasteiger partial charge in [-0.15, -0.1) is 0 Å². The second-order valence-corrected chi connectivity index (χ2v) is 5.02. The zero-order valence-electron chi connectivity index (χ0n) is 11.7. The number of amides is 1. The molecule has 1 unspecified atom stereocenters. The Morgan fingerprint density at radius 1 is 1.23 bits per heavy atom. The van der Waals surface area contributed by atoms with Gasteiger partial charge in [0.1, 0.15) is 5.92 Å². The van der Waals surface area contributed by atoms with Crippen LogP contribution >= 0.6 is 0 Å². The Kier molecular flexibility index (Phi) is 3.70. The number of hydrogen-bond donors (Lipinski definition) is 1. The van der Waals surface area contributed by atoms with Gasteiger partial charge in [-0.25, -0.2) is 0 Å². The summed E-state index contributed by atoms with van der Waals surface area (Å²) >= 11 is 0. The third-order valence-corrected chi connectivity index (χ3v) is 3.64. The first-order valence-electron chi connectivity index (χ1n) is 6.88. The summed E-state index contributed by atoms with van der Waals surface area (Å²) in [4.78, 5) is 29.2. The summed E-state index contributed by atoms with van der Waals surface area (Å²) in [6.07, 6.45) is 6.43. The van der Waals surface area contributed by atoms with Gasteiger partial charge in [-0.05, 0) is 29.3 Å². The van der Waals surface area contributed by atoms with Crippen molar-refractivity contribution >= 4 is 23.6 Å². The molecule has 1 aliphatic rings. The van der Waals surface area contributed by atoms with E-state index in [1.54, 1.807) is 48.8 Å². The predicted molar refractivity (Wildman–Crippen MR) is 82.4 cm³/mol. The summed E-state index contributed by atoms with van der Waals surface area (Å²) in [7, 11) is 0. The summed E-state index contributed by atoms with van der Waals surface area (Å²) in [5.41, 5.74) is 2.16. The van der Waals surface area contributed by atoms with E-state index in [1.165, 1.54) is 11.0 Å². The number of rotatable bonds is 3. The zero-order chi connectivity index (χ0) is 15.5. The van der Waals surface area contributed by atoms with Crippen LogP contribution in [0.4, 0.5) is 5.69 Å². The molecule has 0 bridgehead atoms. The SMILES string of the molecule is O=C(O)C1CN(C(=O)/C=C/c2cccnc2)c2ccccc21. The van der Waals surface area contributed by atoms with Crippen LogP contribution < -0.4 is 4.90 Å². The smallest absolute Gasteiger partial charge is 0.312 e. The normalized spacial score (nSPS) is 16.7. The number of anilines is 1. The number of pyridine rings is 1. The molecule has 2 aromatic rings. The number of carbonyl (C=O) groups excluding carboxylic acids is 1. The molecular weight excluding hydrogens is 280 g/mol. The maximum absolute atomic E-state index is 12.4. The van der Waals surface area contributed by atoms with Crippen LogP contribution in [0.1, 0.15) is 17.0 Å². The lowest BCUT2D eigenvalue weighted by atomic mass is 10.0. The highest BCUT2D eigenvalue weighted by Crippen LogP contribution is 2.36. The van der Waals surface area contributed by atoms with Crippen LogP contribution in [0.15, 0.2) is 54.9 Å². The molecule has 0 radical (unpaired) electrons. The van der Waals surface area contributed by atoms with Crippen LogP contribution in [-0.4, -0.2) is 28.5 Å². The molecule has 110 valence electrons. The minimum atomic E-state index is -0.918. The molecule has 0 aliphatic carbocycles. The Bertz CT molecular complexity index is 741. The lowest BCUT2D eigenvalue weighted by Gasteiger charge is -2.15. The van der Waals surface area contributed by atoms with Crippen molar-refractivity contribution in [2.24, 2.45) is 0 Å². The number of aliphatic carboxylic acids is 1. The average Bonchev–Trinajstić information content (AvgIpc) is 2.93. The number of fused-ring (bicyclic) bond motifs is 1. The van der Waals surface area contributed by atoms with Gasteiger partial charge in [0.05, 0.1) is 0 Å². The van der Waals surface area contributed by atoms with Crippen molar-refractivity contribution in [3.8, 4) is 0 Å². The van der Waals surface area contributed by atoms with E-state index in [0.29, 0.717) is 11.3 Å². The van der Waals surface area contributed by atoms with Crippen LogP contribution in [0.5, 0.6) is 0 Å². The standard InChI is InChI=1S/C17H14N2O3/c20-16(8-7-12-4-3-9-18-10-12)19-11-14(17(21)22)13-5-1-2-6-15(13)19/h1-10,14H,11H2,(H,21,22)/b8-7+. The summed E-state index contributed by atoms with van der Waals surface area (Å²) in [6, 6.07) is 10.7. The molecule has 0 spiro atoms. The molecule has 1 N–H and O–H groups in total. The second kappa shape index (κ2) is 5.81. The van der Waals surface area contributed by atoms with E-state index in [1.807, 2.05) is 6.07 Å². The largest absolute Gasteiger partial charge is 0.481 e. The van der Waals surface area contributed by atoms with Gasteiger partial charge in [0.2, 0.25) is 0 Å². The van der Waals surface area contributed by atoms with Crippen molar-refractivity contribution in [2.75, 3.05) is 11.4 Å². The van der Waals surface area contributed by atoms with Crippen LogP contribution in [0.3, 0.4) is 0 Å². The van der Waals surface area contributed by atoms with Crippen molar-refractivity contribution in [2.45, 2.75) is 5.92 Å². The molecule has 1 aromatic heterocycles. The molecule has 1 aromatic carbocycles. The van der Waals surface area contributed by atoms with Crippen LogP contribution in [0.25, 0.3) is 6.08 Å². The van der Waals surface area contributed by atoms with Crippen LogP contribution in [0.2, 0.25) is 0 Å². The Morgan fingerprint density at radius 2 is 2.05 bits per heavy atom. The molecule has 1 amide bonds. The predicted octanol–water partition coefficient (Wildman–Crippen LogP) is 2.31. The van der Waals surface area contributed by atoms with E-state index in [-0.39, 0.29) is 12.5 Å². The highest BCUT2D eigenvalue weighted by Gasteiger charge is 2.35. The van der Waals surface area contributed by atoms with Crippen molar-refractivity contribution in [1.29, 1.82) is 0 Å². The van der Waals surface area contributed by atoms with E-state index >= 15 is 0 Å². The first-order chi connectivity index (χ1) is 10.7. The minimum Gasteiger partial charge on any atom is -0.481 e. The Hall–Kier alpha value is -2.95. The number of carboxylic acid groups (broad SMARTS) is 1. The van der Waals surface area contributed by atoms with E-state index in [4.69, 9.17) is 0 Å². The number of benzene rings is 1. The minimum absolute atomic E-state index is 0.158. The van der Waals surface area contributed by atoms with Gasteiger partial charge >= 0.3 is 5.97 Å². The zero-order valence-corrected chi connectivity index (χ0v) is 11.7. The second-order valence-electron chi connectivity index (χ2n) is 5.02. The first-order valence-corrected chi connectivity index (χ1v) is 6.88. The summed E-state index contributed by atoms with van der Waals surface area (Å²) in [5, 5.41) is 9.30. The summed E-state index contributed by atoms with van der Waals surface area (Å²) < 4.78 is 0. The van der Waals surface area contributed by atoms with E-state index in [0.717, 1.165) is 5.56 Å². The molecule has 5 nitrogen and oxygen atoms in total. The Balaban J connectivity index is 1.85. The molecule has 3 rings (SSSR count). The van der Waals surface area contributed by atoms with Crippen molar-refractivity contribution < 1.29 is 14.7 Å². The topological polar surface area (TPSA) is 70.5 Å². The maximum Gasteiger partial charge on any atom is 0.312 e. The lowest BCUT2D eigenvalue weighted by molar-refractivity contribution is -0.138. The highest BCUT2D eigenvalue weighted by molar-refractivity contribution is 6.06. The lowest BCUT2D eigenvalue weighted by Crippen LogP contribution is -2.29. The Labute approximate surface area is 127 Å². The number of carbonyl (C=O) groups is 2. The van der Waals surface area contributed by atoms with Crippen molar-refractivity contribution in [1.82, 2.24) is 4.98 Å². The molecule has 0 fully saturated rings. The summed E-state index contributed by atoms with van der Waals surface area (Å²) in [6.45, 7) is 0.158. The highest BCUT2D eigenvalue weighted by atomic mass is 16.4. The van der Waals surface area contributed by atoms with Gasteiger partial charge in [0, 0.05) is 30.7 Å². The first kappa shape index (κ1) is 14.0. The van der Waals surface area contributed by atoms with Gasteiger partial charge in [0.25, 0.3) is 5.91 Å². The third-order valence-electron chi connectivity index (χ3n) is 3.64. The fourth-order valence-electron chi connectivity index (χ4n) is 2.56. The fourth-order valence-corrected chi connectivity index (χ4v) is 2.56. The molecule has 0 saturated heterocycles. The molecule has 22 heavy (non-hydrogen) atoms. The molecule has 1 aliphatic heterocycles. The molecule has 5 heteroatoms. The monoisotopic (exact) mass is 294 g/mol. The number of aromatic nitrogens is 1. The number of nitrogens with zero attached hydrogens (tertiary/aromatic N) is 2. The summed E-state index contributed by atoms with van der Waals surface area (Å²) in [5.74, 6) is -1.83. The molecular formula is C17H14N2O3. The maximum atomic E-state index is 12.4. The van der Waals surface area contributed by atoms with E-state index < -0.39 is 11.9 Å². The van der Waals surface area contributed by atoms with Gasteiger partial charge in [-0.1, -0.05) is 24.3 Å². The molecule has 0 saturated carbocycles. The number of hydrogen-bond acceptors (Lipinski definition) is 3. The van der Waals surface area contributed by atoms with E-state index in [9.17, 15) is 14.7 Å². The van der Waals surface area contributed by atoms with Crippen LogP contribution in [-0.2, 0) is 9.59 Å². The van der Waals surface area contributed by atoms with Crippen molar-refractivity contribution in [3.63, 3.8) is 0 Å². The van der Waals surface area contributed by atoms with E-state index in [2.05, 4.69) is 4.98 Å². The number of carboxylic acids is 1. The fraction of sp³-hybridized carbons (Fsp3) is 0.118. The van der Waals surface area contributed by atoms with Gasteiger partial charge < -0.3 is 10.0 Å². The van der Waals surface area contributed by atoms with Crippen LogP contribution in [0, 0.1) is 0 Å². The molecule has 2 heterocycles. The third kappa shape index (κ3) is 2.61. The number of para-hydroxylation sites is 1. The Morgan fingerprint density at radius 3 is 2.77 bits per heavy atom.